The van der Waals surface area contributed by atoms with E-state index in [4.69, 9.17) is 0 Å². The van der Waals surface area contributed by atoms with E-state index in [2.05, 4.69) is 70.1 Å². The Labute approximate surface area is 133 Å². The van der Waals surface area contributed by atoms with Crippen LogP contribution in [0.25, 0.3) is 0 Å². The highest BCUT2D eigenvalue weighted by Gasteiger charge is 2.44. The molecule has 3 rings (SSSR count). The summed E-state index contributed by atoms with van der Waals surface area (Å²) < 4.78 is 1.20. The van der Waals surface area contributed by atoms with Gasteiger partial charge in [0.25, 0.3) is 0 Å². The standard InChI is InChI=1S/C17H20BrNS/c1-19-16(11-15-10-14(18)12-20-15)17(8-5-9-17)13-6-3-2-4-7-13/h2-4,6-7,10,12,16,19H,5,8-9,11H2,1H3. The average molecular weight is 350 g/mol. The minimum atomic E-state index is 0.326. The van der Waals surface area contributed by atoms with Crippen molar-refractivity contribution >= 4 is 27.3 Å². The first-order valence-corrected chi connectivity index (χ1v) is 8.87. The molecule has 1 atom stereocenters. The van der Waals surface area contributed by atoms with Crippen molar-refractivity contribution in [2.45, 2.75) is 37.1 Å². The summed E-state index contributed by atoms with van der Waals surface area (Å²) in [6.07, 6.45) is 5.06. The Balaban J connectivity index is 1.86. The molecule has 1 unspecified atom stereocenters. The Morgan fingerprint density at radius 2 is 2.05 bits per heavy atom. The highest BCUT2D eigenvalue weighted by atomic mass is 79.9. The van der Waals surface area contributed by atoms with Crippen molar-refractivity contribution in [3.05, 3.63) is 56.7 Å². The van der Waals surface area contributed by atoms with E-state index in [1.54, 1.807) is 0 Å². The number of thiophene rings is 1. The van der Waals surface area contributed by atoms with Gasteiger partial charge in [0.1, 0.15) is 0 Å². The third-order valence-electron chi connectivity index (χ3n) is 4.64. The van der Waals surface area contributed by atoms with Crippen molar-refractivity contribution in [2.24, 2.45) is 0 Å². The molecule has 1 aromatic carbocycles. The highest BCUT2D eigenvalue weighted by molar-refractivity contribution is 9.10. The van der Waals surface area contributed by atoms with Crippen LogP contribution < -0.4 is 5.32 Å². The van der Waals surface area contributed by atoms with Crippen LogP contribution in [0.15, 0.2) is 46.3 Å². The van der Waals surface area contributed by atoms with Crippen LogP contribution >= 0.6 is 27.3 Å². The van der Waals surface area contributed by atoms with Crippen LogP contribution in [0.1, 0.15) is 29.7 Å². The first-order valence-electron chi connectivity index (χ1n) is 7.20. The number of rotatable bonds is 5. The summed E-state index contributed by atoms with van der Waals surface area (Å²) in [5.74, 6) is 0. The Hall–Kier alpha value is -0.640. The lowest BCUT2D eigenvalue weighted by Crippen LogP contribution is -2.52. The molecule has 0 aliphatic heterocycles. The van der Waals surface area contributed by atoms with Gasteiger partial charge in [0.15, 0.2) is 0 Å². The van der Waals surface area contributed by atoms with E-state index in [0.717, 1.165) is 6.42 Å². The van der Waals surface area contributed by atoms with Crippen LogP contribution in [-0.4, -0.2) is 13.1 Å². The summed E-state index contributed by atoms with van der Waals surface area (Å²) in [6.45, 7) is 0. The number of hydrogen-bond donors (Lipinski definition) is 1. The van der Waals surface area contributed by atoms with Gasteiger partial charge in [-0.3, -0.25) is 0 Å². The molecule has 1 aliphatic rings. The maximum atomic E-state index is 3.59. The van der Waals surface area contributed by atoms with Gasteiger partial charge >= 0.3 is 0 Å². The first kappa shape index (κ1) is 14.3. The third-order valence-corrected chi connectivity index (χ3v) is 6.36. The molecule has 0 bridgehead atoms. The van der Waals surface area contributed by atoms with Gasteiger partial charge in [0.05, 0.1) is 0 Å². The second-order valence-electron chi connectivity index (χ2n) is 5.65. The smallest absolute Gasteiger partial charge is 0.0285 e. The first-order chi connectivity index (χ1) is 9.74. The predicted molar refractivity (Wildman–Crippen MR) is 90.5 cm³/mol. The Bertz CT molecular complexity index is 559. The van der Waals surface area contributed by atoms with E-state index in [-0.39, 0.29) is 0 Å². The topological polar surface area (TPSA) is 12.0 Å². The molecule has 1 nitrogen and oxygen atoms in total. The van der Waals surface area contributed by atoms with Crippen molar-refractivity contribution in [3.8, 4) is 0 Å². The highest BCUT2D eigenvalue weighted by Crippen LogP contribution is 2.47. The van der Waals surface area contributed by atoms with Crippen molar-refractivity contribution in [1.82, 2.24) is 5.32 Å². The molecule has 1 fully saturated rings. The molecule has 106 valence electrons. The molecule has 1 aromatic heterocycles. The Morgan fingerprint density at radius 3 is 2.55 bits per heavy atom. The number of halogens is 1. The van der Waals surface area contributed by atoms with Crippen molar-refractivity contribution in [2.75, 3.05) is 7.05 Å². The lowest BCUT2D eigenvalue weighted by Gasteiger charge is -2.48. The van der Waals surface area contributed by atoms with Gasteiger partial charge in [-0.15, -0.1) is 11.3 Å². The van der Waals surface area contributed by atoms with E-state index >= 15 is 0 Å². The van der Waals surface area contributed by atoms with Crippen LogP contribution in [0.5, 0.6) is 0 Å². The van der Waals surface area contributed by atoms with Crippen LogP contribution in [0.3, 0.4) is 0 Å². The van der Waals surface area contributed by atoms with Crippen LogP contribution in [-0.2, 0) is 11.8 Å². The van der Waals surface area contributed by atoms with Gasteiger partial charge in [0, 0.05) is 26.2 Å². The van der Waals surface area contributed by atoms with Crippen LogP contribution in [0.4, 0.5) is 0 Å². The molecule has 0 saturated heterocycles. The van der Waals surface area contributed by atoms with E-state index in [1.165, 1.54) is 34.2 Å². The fraction of sp³-hybridized carbons (Fsp3) is 0.412. The van der Waals surface area contributed by atoms with Gasteiger partial charge in [-0.05, 0) is 53.9 Å². The summed E-state index contributed by atoms with van der Waals surface area (Å²) in [4.78, 5) is 1.46. The lowest BCUT2D eigenvalue weighted by atomic mass is 9.59. The van der Waals surface area contributed by atoms with E-state index < -0.39 is 0 Å². The summed E-state index contributed by atoms with van der Waals surface area (Å²) in [5.41, 5.74) is 1.83. The minimum Gasteiger partial charge on any atom is -0.316 e. The fourth-order valence-electron chi connectivity index (χ4n) is 3.40. The molecule has 0 radical (unpaired) electrons. The zero-order valence-corrected chi connectivity index (χ0v) is 14.1. The van der Waals surface area contributed by atoms with E-state index in [9.17, 15) is 0 Å². The normalized spacial score (nSPS) is 18.5. The molecule has 1 saturated carbocycles. The molecule has 0 amide bonds. The quantitative estimate of drug-likeness (QED) is 0.820. The monoisotopic (exact) mass is 349 g/mol. The molecule has 0 spiro atoms. The third kappa shape index (κ3) is 2.59. The predicted octanol–water partition coefficient (Wildman–Crippen LogP) is 4.76. The molecule has 3 heteroatoms. The molecule has 1 heterocycles. The molecule has 20 heavy (non-hydrogen) atoms. The zero-order chi connectivity index (χ0) is 14.0. The summed E-state index contributed by atoms with van der Waals surface area (Å²) in [6, 6.07) is 13.8. The molecular weight excluding hydrogens is 330 g/mol. The van der Waals surface area contributed by atoms with Crippen molar-refractivity contribution in [1.29, 1.82) is 0 Å². The second kappa shape index (κ2) is 6.00. The summed E-state index contributed by atoms with van der Waals surface area (Å²) >= 11 is 5.41. The minimum absolute atomic E-state index is 0.326. The molecule has 1 N–H and O–H groups in total. The van der Waals surface area contributed by atoms with Gasteiger partial charge in [-0.2, -0.15) is 0 Å². The number of likely N-dealkylation sites (N-methyl/N-ethyl adjacent to an activating group) is 1. The van der Waals surface area contributed by atoms with Crippen molar-refractivity contribution in [3.63, 3.8) is 0 Å². The van der Waals surface area contributed by atoms with Gasteiger partial charge in [-0.25, -0.2) is 0 Å². The number of benzene rings is 1. The summed E-state index contributed by atoms with van der Waals surface area (Å²) in [5, 5.41) is 5.77. The van der Waals surface area contributed by atoms with Gasteiger partial charge in [0.2, 0.25) is 0 Å². The maximum Gasteiger partial charge on any atom is 0.0285 e. The largest absolute Gasteiger partial charge is 0.316 e. The summed E-state index contributed by atoms with van der Waals surface area (Å²) in [7, 11) is 2.11. The number of nitrogens with one attached hydrogen (secondary N) is 1. The molecule has 1 aliphatic carbocycles. The average Bonchev–Trinajstić information content (AvgIpc) is 2.83. The second-order valence-corrected chi connectivity index (χ2v) is 7.56. The van der Waals surface area contributed by atoms with Gasteiger partial charge < -0.3 is 5.32 Å². The van der Waals surface area contributed by atoms with E-state index in [0.29, 0.717) is 11.5 Å². The zero-order valence-electron chi connectivity index (χ0n) is 11.7. The maximum absolute atomic E-state index is 3.59. The molecular formula is C17H20BrNS. The SMILES string of the molecule is CNC(Cc1cc(Br)cs1)C1(c2ccccc2)CCC1. The lowest BCUT2D eigenvalue weighted by molar-refractivity contribution is 0.174. The van der Waals surface area contributed by atoms with Crippen LogP contribution in [0.2, 0.25) is 0 Å². The van der Waals surface area contributed by atoms with Crippen LogP contribution in [0, 0.1) is 0 Å². The fourth-order valence-corrected chi connectivity index (χ4v) is 4.90. The molecule has 2 aromatic rings. The van der Waals surface area contributed by atoms with Crippen molar-refractivity contribution < 1.29 is 0 Å². The van der Waals surface area contributed by atoms with Gasteiger partial charge in [-0.1, -0.05) is 36.8 Å². The number of hydrogen-bond acceptors (Lipinski definition) is 2. The Morgan fingerprint density at radius 1 is 1.30 bits per heavy atom. The van der Waals surface area contributed by atoms with E-state index in [1.807, 2.05) is 11.3 Å². The Kier molecular flexibility index (Phi) is 4.29.